The van der Waals surface area contributed by atoms with Crippen molar-refractivity contribution in [1.29, 1.82) is 0 Å². The van der Waals surface area contributed by atoms with Crippen molar-refractivity contribution in [2.24, 2.45) is 0 Å². The van der Waals surface area contributed by atoms with Gasteiger partial charge < -0.3 is 10.2 Å². The number of nitrogens with one attached hydrogen (secondary N) is 1. The molecule has 0 aliphatic carbocycles. The molecular formula is C8H16N2O. The average molecular weight is 156 g/mol. The van der Waals surface area contributed by atoms with Gasteiger partial charge in [0, 0.05) is 18.1 Å². The van der Waals surface area contributed by atoms with Crippen molar-refractivity contribution >= 4 is 6.03 Å². The molecule has 0 aromatic heterocycles. The number of rotatable bonds is 0. The SMILES string of the molecule is C[C@@H]1CN(C(C)(C)C)C(=O)N1. The quantitative estimate of drug-likeness (QED) is 0.561. The summed E-state index contributed by atoms with van der Waals surface area (Å²) in [5, 5.41) is 2.86. The highest BCUT2D eigenvalue weighted by Crippen LogP contribution is 2.17. The second-order valence-electron chi connectivity index (χ2n) is 4.13. The molecule has 0 aromatic rings. The van der Waals surface area contributed by atoms with E-state index >= 15 is 0 Å². The number of carbonyl (C=O) groups excluding carboxylic acids is 1. The number of urea groups is 1. The van der Waals surface area contributed by atoms with E-state index in [1.165, 1.54) is 0 Å². The lowest BCUT2D eigenvalue weighted by molar-refractivity contribution is 0.170. The van der Waals surface area contributed by atoms with E-state index in [1.54, 1.807) is 0 Å². The standard InChI is InChI=1S/C8H16N2O/c1-6-5-10(7(11)9-6)8(2,3)4/h6H,5H2,1-4H3,(H,9,11)/t6-/m1/s1. The van der Waals surface area contributed by atoms with Gasteiger partial charge in [0.15, 0.2) is 0 Å². The van der Waals surface area contributed by atoms with Gasteiger partial charge in [-0.25, -0.2) is 4.79 Å². The number of hydrogen-bond donors (Lipinski definition) is 1. The molecule has 0 unspecified atom stereocenters. The topological polar surface area (TPSA) is 32.3 Å². The fraction of sp³-hybridized carbons (Fsp3) is 0.875. The minimum Gasteiger partial charge on any atom is -0.334 e. The zero-order chi connectivity index (χ0) is 8.65. The molecule has 0 radical (unpaired) electrons. The Bertz CT molecular complexity index is 171. The lowest BCUT2D eigenvalue weighted by Gasteiger charge is -2.30. The van der Waals surface area contributed by atoms with Crippen LogP contribution in [0.3, 0.4) is 0 Å². The summed E-state index contributed by atoms with van der Waals surface area (Å²) in [5.41, 5.74) is -0.0468. The van der Waals surface area contributed by atoms with Crippen LogP contribution in [0.25, 0.3) is 0 Å². The first-order chi connectivity index (χ1) is 4.91. The van der Waals surface area contributed by atoms with Crippen LogP contribution in [-0.2, 0) is 0 Å². The highest BCUT2D eigenvalue weighted by molar-refractivity contribution is 5.77. The smallest absolute Gasteiger partial charge is 0.318 e. The number of carbonyl (C=O) groups is 1. The van der Waals surface area contributed by atoms with Crippen LogP contribution in [0.15, 0.2) is 0 Å². The van der Waals surface area contributed by atoms with E-state index in [1.807, 2.05) is 32.6 Å². The second kappa shape index (κ2) is 2.40. The summed E-state index contributed by atoms with van der Waals surface area (Å²) in [4.78, 5) is 13.1. The van der Waals surface area contributed by atoms with Gasteiger partial charge in [0.05, 0.1) is 0 Å². The summed E-state index contributed by atoms with van der Waals surface area (Å²) in [7, 11) is 0. The molecule has 1 saturated heterocycles. The van der Waals surface area contributed by atoms with E-state index in [4.69, 9.17) is 0 Å². The molecule has 11 heavy (non-hydrogen) atoms. The van der Waals surface area contributed by atoms with Crippen molar-refractivity contribution in [3.05, 3.63) is 0 Å². The van der Waals surface area contributed by atoms with Gasteiger partial charge in [0.1, 0.15) is 0 Å². The molecule has 1 heterocycles. The largest absolute Gasteiger partial charge is 0.334 e. The van der Waals surface area contributed by atoms with Crippen LogP contribution in [0.4, 0.5) is 4.79 Å². The Kier molecular flexibility index (Phi) is 1.82. The lowest BCUT2D eigenvalue weighted by atomic mass is 10.1. The number of hydrogen-bond acceptors (Lipinski definition) is 1. The number of amides is 2. The fourth-order valence-corrected chi connectivity index (χ4v) is 1.27. The summed E-state index contributed by atoms with van der Waals surface area (Å²) >= 11 is 0. The van der Waals surface area contributed by atoms with E-state index < -0.39 is 0 Å². The van der Waals surface area contributed by atoms with Crippen molar-refractivity contribution in [2.75, 3.05) is 6.54 Å². The summed E-state index contributed by atoms with van der Waals surface area (Å²) in [6.07, 6.45) is 0. The molecule has 2 amide bonds. The third-order valence-corrected chi connectivity index (χ3v) is 1.88. The van der Waals surface area contributed by atoms with Gasteiger partial charge in [-0.15, -0.1) is 0 Å². The summed E-state index contributed by atoms with van der Waals surface area (Å²) in [6.45, 7) is 8.98. The maximum Gasteiger partial charge on any atom is 0.318 e. The Morgan fingerprint density at radius 3 is 2.27 bits per heavy atom. The van der Waals surface area contributed by atoms with E-state index in [0.29, 0.717) is 6.04 Å². The Morgan fingerprint density at radius 1 is 1.55 bits per heavy atom. The van der Waals surface area contributed by atoms with Gasteiger partial charge in [-0.2, -0.15) is 0 Å². The molecule has 0 bridgehead atoms. The van der Waals surface area contributed by atoms with Crippen molar-refractivity contribution in [2.45, 2.75) is 39.3 Å². The molecule has 1 aliphatic rings. The molecular weight excluding hydrogens is 140 g/mol. The molecule has 1 aliphatic heterocycles. The van der Waals surface area contributed by atoms with Crippen LogP contribution in [-0.4, -0.2) is 29.1 Å². The van der Waals surface area contributed by atoms with Crippen LogP contribution in [0, 0.1) is 0 Å². The monoisotopic (exact) mass is 156 g/mol. The van der Waals surface area contributed by atoms with Crippen LogP contribution >= 0.6 is 0 Å². The molecule has 0 saturated carbocycles. The zero-order valence-electron chi connectivity index (χ0n) is 7.64. The van der Waals surface area contributed by atoms with Crippen molar-refractivity contribution in [3.8, 4) is 0 Å². The average Bonchev–Trinajstić information content (AvgIpc) is 2.08. The van der Waals surface area contributed by atoms with E-state index in [-0.39, 0.29) is 11.6 Å². The molecule has 3 nitrogen and oxygen atoms in total. The Morgan fingerprint density at radius 2 is 2.09 bits per heavy atom. The summed E-state index contributed by atoms with van der Waals surface area (Å²) in [5.74, 6) is 0. The van der Waals surface area contributed by atoms with Crippen molar-refractivity contribution in [1.82, 2.24) is 10.2 Å². The first kappa shape index (κ1) is 8.37. The van der Waals surface area contributed by atoms with Gasteiger partial charge in [0.25, 0.3) is 0 Å². The Hall–Kier alpha value is -0.730. The minimum atomic E-state index is -0.0468. The van der Waals surface area contributed by atoms with Crippen molar-refractivity contribution in [3.63, 3.8) is 0 Å². The maximum atomic E-state index is 11.2. The molecule has 1 fully saturated rings. The predicted octanol–water partition coefficient (Wildman–Crippen LogP) is 1.20. The van der Waals surface area contributed by atoms with Crippen LogP contribution in [0.2, 0.25) is 0 Å². The molecule has 1 atom stereocenters. The Balaban J connectivity index is 2.68. The molecule has 3 heteroatoms. The van der Waals surface area contributed by atoms with Crippen LogP contribution < -0.4 is 5.32 Å². The molecule has 1 N–H and O–H groups in total. The Labute approximate surface area is 67.8 Å². The predicted molar refractivity (Wildman–Crippen MR) is 44.5 cm³/mol. The third-order valence-electron chi connectivity index (χ3n) is 1.88. The molecule has 64 valence electrons. The highest BCUT2D eigenvalue weighted by atomic mass is 16.2. The fourth-order valence-electron chi connectivity index (χ4n) is 1.27. The van der Waals surface area contributed by atoms with E-state index in [2.05, 4.69) is 5.32 Å². The highest BCUT2D eigenvalue weighted by Gasteiger charge is 2.33. The van der Waals surface area contributed by atoms with Gasteiger partial charge in [-0.1, -0.05) is 0 Å². The first-order valence-corrected chi connectivity index (χ1v) is 3.99. The van der Waals surface area contributed by atoms with E-state index in [0.717, 1.165) is 6.54 Å². The third kappa shape index (κ3) is 1.64. The molecule has 0 aromatic carbocycles. The van der Waals surface area contributed by atoms with Crippen molar-refractivity contribution < 1.29 is 4.79 Å². The number of nitrogens with zero attached hydrogens (tertiary/aromatic N) is 1. The molecule has 0 spiro atoms. The normalized spacial score (nSPS) is 25.6. The summed E-state index contributed by atoms with van der Waals surface area (Å²) in [6, 6.07) is 0.353. The van der Waals surface area contributed by atoms with Crippen LogP contribution in [0.5, 0.6) is 0 Å². The first-order valence-electron chi connectivity index (χ1n) is 3.99. The lowest BCUT2D eigenvalue weighted by Crippen LogP contribution is -2.43. The maximum absolute atomic E-state index is 11.2. The summed E-state index contributed by atoms with van der Waals surface area (Å²) < 4.78 is 0. The second-order valence-corrected chi connectivity index (χ2v) is 4.13. The van der Waals surface area contributed by atoms with Crippen LogP contribution in [0.1, 0.15) is 27.7 Å². The van der Waals surface area contributed by atoms with Gasteiger partial charge in [-0.3, -0.25) is 0 Å². The van der Waals surface area contributed by atoms with Gasteiger partial charge >= 0.3 is 6.03 Å². The molecule has 1 rings (SSSR count). The van der Waals surface area contributed by atoms with Gasteiger partial charge in [-0.05, 0) is 27.7 Å². The van der Waals surface area contributed by atoms with E-state index in [9.17, 15) is 4.79 Å². The van der Waals surface area contributed by atoms with Gasteiger partial charge in [0.2, 0.25) is 0 Å². The minimum absolute atomic E-state index is 0.0468. The zero-order valence-corrected chi connectivity index (χ0v) is 7.64.